The maximum Gasteiger partial charge on any atom is 0.417 e. The van der Waals surface area contributed by atoms with Crippen molar-refractivity contribution in [3.63, 3.8) is 0 Å². The minimum absolute atomic E-state index is 0.0898. The Morgan fingerprint density at radius 3 is 2.18 bits per heavy atom. The van der Waals surface area contributed by atoms with E-state index in [0.29, 0.717) is 5.02 Å². The van der Waals surface area contributed by atoms with E-state index in [-0.39, 0.29) is 16.5 Å². The van der Waals surface area contributed by atoms with Crippen molar-refractivity contribution in [3.05, 3.63) is 57.1 Å². The third-order valence-electron chi connectivity index (χ3n) is 2.87. The number of carbonyl (C=O) groups is 1. The largest absolute Gasteiger partial charge is 0.417 e. The van der Waals surface area contributed by atoms with Crippen molar-refractivity contribution in [1.29, 1.82) is 0 Å². The molecule has 116 valence electrons. The van der Waals surface area contributed by atoms with Crippen molar-refractivity contribution in [2.45, 2.75) is 13.8 Å². The number of anilines is 1. The number of hydrogen-bond acceptors (Lipinski definition) is 2. The molecule has 0 heterocycles. The second-order valence-corrected chi connectivity index (χ2v) is 5.42. The number of aryl methyl sites for hydroxylation is 2. The van der Waals surface area contributed by atoms with Crippen molar-refractivity contribution < 1.29 is 18.3 Å². The quantitative estimate of drug-likeness (QED) is 0.729. The summed E-state index contributed by atoms with van der Waals surface area (Å²) in [4.78, 5) is 11.8. The molecule has 1 N–H and O–H groups in total. The van der Waals surface area contributed by atoms with Gasteiger partial charge < -0.3 is 4.74 Å². The lowest BCUT2D eigenvalue weighted by Gasteiger charge is -2.10. The van der Waals surface area contributed by atoms with Gasteiger partial charge in [-0.1, -0.05) is 23.2 Å². The Hall–Kier alpha value is -1.85. The highest BCUT2D eigenvalue weighted by Gasteiger charge is 2.13. The van der Waals surface area contributed by atoms with E-state index in [1.807, 2.05) is 0 Å². The van der Waals surface area contributed by atoms with Crippen LogP contribution in [0.15, 0.2) is 24.3 Å². The molecule has 0 saturated heterocycles. The molecule has 0 aliphatic carbocycles. The molecular formula is C15H11Cl2F2NO2. The van der Waals surface area contributed by atoms with Crippen LogP contribution in [0.2, 0.25) is 10.0 Å². The second-order valence-electron chi connectivity index (χ2n) is 4.63. The number of halogens is 4. The first-order valence-electron chi connectivity index (χ1n) is 6.18. The monoisotopic (exact) mass is 345 g/mol. The topological polar surface area (TPSA) is 38.3 Å². The van der Waals surface area contributed by atoms with Gasteiger partial charge in [-0.25, -0.2) is 13.6 Å². The van der Waals surface area contributed by atoms with E-state index in [0.717, 1.165) is 23.3 Å². The SMILES string of the molecule is Cc1cc(OC(=O)Nc2cc(F)c(F)cc2Cl)cc(C)c1Cl. The standard InChI is InChI=1S/C15H11Cl2F2NO2/c1-7-3-9(4-8(2)14(7)17)22-15(21)20-13-6-12(19)11(18)5-10(13)16/h3-6H,1-2H3,(H,20,21). The van der Waals surface area contributed by atoms with E-state index in [1.54, 1.807) is 26.0 Å². The highest BCUT2D eigenvalue weighted by atomic mass is 35.5. The molecule has 0 aliphatic heterocycles. The zero-order valence-electron chi connectivity index (χ0n) is 11.6. The minimum Gasteiger partial charge on any atom is -0.410 e. The fourth-order valence-electron chi connectivity index (χ4n) is 1.83. The van der Waals surface area contributed by atoms with Crippen molar-refractivity contribution >= 4 is 35.0 Å². The van der Waals surface area contributed by atoms with Crippen molar-refractivity contribution in [2.24, 2.45) is 0 Å². The molecule has 1 amide bonds. The van der Waals surface area contributed by atoms with Crippen LogP contribution < -0.4 is 10.1 Å². The zero-order chi connectivity index (χ0) is 16.4. The van der Waals surface area contributed by atoms with Gasteiger partial charge in [0.25, 0.3) is 0 Å². The Balaban J connectivity index is 2.16. The van der Waals surface area contributed by atoms with Gasteiger partial charge >= 0.3 is 6.09 Å². The fraction of sp³-hybridized carbons (Fsp3) is 0.133. The number of benzene rings is 2. The van der Waals surface area contributed by atoms with Gasteiger partial charge in [0, 0.05) is 11.1 Å². The van der Waals surface area contributed by atoms with Crippen LogP contribution in [0.5, 0.6) is 5.75 Å². The van der Waals surface area contributed by atoms with Crippen molar-refractivity contribution in [1.82, 2.24) is 0 Å². The molecule has 2 rings (SSSR count). The third kappa shape index (κ3) is 3.67. The van der Waals surface area contributed by atoms with Crippen LogP contribution in [0.1, 0.15) is 11.1 Å². The average Bonchev–Trinajstić information content (AvgIpc) is 2.42. The van der Waals surface area contributed by atoms with Crippen molar-refractivity contribution in [2.75, 3.05) is 5.32 Å². The van der Waals surface area contributed by atoms with E-state index in [9.17, 15) is 13.6 Å². The van der Waals surface area contributed by atoms with E-state index in [4.69, 9.17) is 27.9 Å². The average molecular weight is 346 g/mol. The van der Waals surface area contributed by atoms with Crippen LogP contribution in [0, 0.1) is 25.5 Å². The van der Waals surface area contributed by atoms with Crippen LogP contribution >= 0.6 is 23.2 Å². The molecular weight excluding hydrogens is 335 g/mol. The molecule has 0 bridgehead atoms. The van der Waals surface area contributed by atoms with Gasteiger partial charge in [0.1, 0.15) is 5.75 Å². The summed E-state index contributed by atoms with van der Waals surface area (Å²) < 4.78 is 31.2. The number of carbonyl (C=O) groups excluding carboxylic acids is 1. The second kappa shape index (κ2) is 6.50. The third-order valence-corrected chi connectivity index (χ3v) is 3.78. The van der Waals surface area contributed by atoms with Gasteiger partial charge in [-0.3, -0.25) is 5.32 Å². The summed E-state index contributed by atoms with van der Waals surface area (Å²) in [5.74, 6) is -1.96. The van der Waals surface area contributed by atoms with E-state index >= 15 is 0 Å². The predicted octanol–water partition coefficient (Wildman–Crippen LogP) is 5.50. The summed E-state index contributed by atoms with van der Waals surface area (Å²) in [5.41, 5.74) is 1.40. The smallest absolute Gasteiger partial charge is 0.410 e. The zero-order valence-corrected chi connectivity index (χ0v) is 13.1. The van der Waals surface area contributed by atoms with Gasteiger partial charge in [-0.2, -0.15) is 0 Å². The highest BCUT2D eigenvalue weighted by molar-refractivity contribution is 6.33. The van der Waals surface area contributed by atoms with Gasteiger partial charge in [-0.15, -0.1) is 0 Å². The first-order valence-corrected chi connectivity index (χ1v) is 6.93. The summed E-state index contributed by atoms with van der Waals surface area (Å²) in [6.45, 7) is 3.54. The molecule has 0 unspecified atom stereocenters. The Morgan fingerprint density at radius 2 is 1.59 bits per heavy atom. The number of hydrogen-bond donors (Lipinski definition) is 1. The molecule has 0 atom stereocenters. The molecule has 22 heavy (non-hydrogen) atoms. The van der Waals surface area contributed by atoms with Gasteiger partial charge in [0.2, 0.25) is 0 Å². The molecule has 2 aromatic carbocycles. The molecule has 0 radical (unpaired) electrons. The van der Waals surface area contributed by atoms with Crippen LogP contribution in [-0.2, 0) is 0 Å². The first kappa shape index (κ1) is 16.5. The Kier molecular flexibility index (Phi) is 4.88. The van der Waals surface area contributed by atoms with E-state index in [1.165, 1.54) is 0 Å². The lowest BCUT2D eigenvalue weighted by atomic mass is 10.1. The molecule has 3 nitrogen and oxygen atoms in total. The summed E-state index contributed by atoms with van der Waals surface area (Å²) in [6, 6.07) is 4.71. The van der Waals surface area contributed by atoms with E-state index in [2.05, 4.69) is 5.32 Å². The number of rotatable bonds is 2. The van der Waals surface area contributed by atoms with Crippen LogP contribution in [0.4, 0.5) is 19.3 Å². The maximum absolute atomic E-state index is 13.1. The van der Waals surface area contributed by atoms with Gasteiger partial charge in [-0.05, 0) is 43.2 Å². The van der Waals surface area contributed by atoms with Crippen LogP contribution in [0.25, 0.3) is 0 Å². The lowest BCUT2D eigenvalue weighted by molar-refractivity contribution is 0.215. The molecule has 0 fully saturated rings. The molecule has 0 aliphatic rings. The van der Waals surface area contributed by atoms with Crippen LogP contribution in [-0.4, -0.2) is 6.09 Å². The molecule has 7 heteroatoms. The Bertz CT molecular complexity index is 728. The first-order chi connectivity index (χ1) is 10.3. The van der Waals surface area contributed by atoms with E-state index < -0.39 is 17.7 Å². The highest BCUT2D eigenvalue weighted by Crippen LogP contribution is 2.27. The summed E-state index contributed by atoms with van der Waals surface area (Å²) in [5, 5.41) is 2.69. The number of amides is 1. The summed E-state index contributed by atoms with van der Waals surface area (Å²) >= 11 is 11.7. The van der Waals surface area contributed by atoms with Crippen LogP contribution in [0.3, 0.4) is 0 Å². The number of ether oxygens (including phenoxy) is 1. The van der Waals surface area contributed by atoms with Gasteiger partial charge in [0.15, 0.2) is 11.6 Å². The van der Waals surface area contributed by atoms with Crippen molar-refractivity contribution in [3.8, 4) is 5.75 Å². The normalized spacial score (nSPS) is 10.5. The summed E-state index contributed by atoms with van der Waals surface area (Å²) in [6.07, 6.45) is -0.881. The number of nitrogens with one attached hydrogen (secondary N) is 1. The molecule has 0 saturated carbocycles. The maximum atomic E-state index is 13.1. The minimum atomic E-state index is -1.13. The fourth-order valence-corrected chi connectivity index (χ4v) is 2.13. The Labute approximate surface area is 135 Å². The molecule has 0 aromatic heterocycles. The van der Waals surface area contributed by atoms with Gasteiger partial charge in [0.05, 0.1) is 10.7 Å². The summed E-state index contributed by atoms with van der Waals surface area (Å²) in [7, 11) is 0. The molecule has 2 aromatic rings. The lowest BCUT2D eigenvalue weighted by Crippen LogP contribution is -2.17. The molecule has 0 spiro atoms. The Morgan fingerprint density at radius 1 is 1.05 bits per heavy atom. The predicted molar refractivity (Wildman–Crippen MR) is 81.9 cm³/mol.